The summed E-state index contributed by atoms with van der Waals surface area (Å²) in [5.74, 6) is -1.81. The van der Waals surface area contributed by atoms with Gasteiger partial charge in [-0.15, -0.1) is 6.58 Å². The molecule has 100 valence electrons. The Morgan fingerprint density at radius 3 is 2.74 bits per heavy atom. The van der Waals surface area contributed by atoms with Crippen LogP contribution in [0, 0.1) is 5.92 Å². The first-order valence-corrected chi connectivity index (χ1v) is 6.07. The van der Waals surface area contributed by atoms with E-state index in [2.05, 4.69) is 6.58 Å². The Labute approximate surface area is 112 Å². The lowest BCUT2D eigenvalue weighted by atomic mass is 9.80. The van der Waals surface area contributed by atoms with Crippen LogP contribution in [-0.2, 0) is 14.3 Å². The van der Waals surface area contributed by atoms with E-state index in [1.54, 1.807) is 12.1 Å². The van der Waals surface area contributed by atoms with Gasteiger partial charge in [0.1, 0.15) is 5.75 Å². The molecule has 0 aliphatic carbocycles. The molecule has 1 heterocycles. The van der Waals surface area contributed by atoms with Gasteiger partial charge in [-0.3, -0.25) is 9.59 Å². The lowest BCUT2D eigenvalue weighted by Crippen LogP contribution is -2.38. The van der Waals surface area contributed by atoms with Crippen molar-refractivity contribution in [3.05, 3.63) is 42.0 Å². The first-order chi connectivity index (χ1) is 9.04. The summed E-state index contributed by atoms with van der Waals surface area (Å²) in [4.78, 5) is 23.8. The minimum atomic E-state index is -0.920. The fraction of sp³-hybridized carbons (Fsp3) is 0.333. The Balaban J connectivity index is 2.47. The van der Waals surface area contributed by atoms with E-state index in [9.17, 15) is 9.59 Å². The minimum Gasteiger partial charge on any atom is -0.468 e. The topological polar surface area (TPSA) is 52.6 Å². The van der Waals surface area contributed by atoms with Crippen LogP contribution in [0.4, 0.5) is 0 Å². The minimum absolute atomic E-state index is 0.276. The van der Waals surface area contributed by atoms with Gasteiger partial charge in [-0.1, -0.05) is 23.8 Å². The van der Waals surface area contributed by atoms with Crippen molar-refractivity contribution < 1.29 is 19.1 Å². The van der Waals surface area contributed by atoms with E-state index in [4.69, 9.17) is 9.47 Å². The normalized spacial score (nSPS) is 21.3. The Bertz CT molecular complexity index is 533. The first kappa shape index (κ1) is 13.3. The van der Waals surface area contributed by atoms with Crippen LogP contribution >= 0.6 is 0 Å². The molecular formula is C15H16O4. The van der Waals surface area contributed by atoms with Crippen molar-refractivity contribution in [2.45, 2.75) is 19.3 Å². The molecule has 2 atom stereocenters. The van der Waals surface area contributed by atoms with Crippen molar-refractivity contribution >= 4 is 11.9 Å². The zero-order valence-corrected chi connectivity index (χ0v) is 11.0. The van der Waals surface area contributed by atoms with E-state index in [1.165, 1.54) is 7.11 Å². The van der Waals surface area contributed by atoms with E-state index in [1.807, 2.05) is 19.1 Å². The van der Waals surface area contributed by atoms with Crippen LogP contribution in [0.3, 0.4) is 0 Å². The van der Waals surface area contributed by atoms with Crippen LogP contribution in [0.1, 0.15) is 24.8 Å². The summed E-state index contributed by atoms with van der Waals surface area (Å²) in [5, 5.41) is 0. The van der Waals surface area contributed by atoms with E-state index in [-0.39, 0.29) is 5.92 Å². The van der Waals surface area contributed by atoms with Gasteiger partial charge in [-0.2, -0.15) is 0 Å². The molecule has 0 fully saturated rings. The lowest BCUT2D eigenvalue weighted by Gasteiger charge is -2.30. The Hall–Kier alpha value is -2.10. The fourth-order valence-electron chi connectivity index (χ4n) is 2.39. The third-order valence-corrected chi connectivity index (χ3v) is 3.21. The molecule has 4 nitrogen and oxygen atoms in total. The summed E-state index contributed by atoms with van der Waals surface area (Å²) in [6.45, 7) is 5.73. The third kappa shape index (κ3) is 2.52. The number of fused-ring (bicyclic) bond motifs is 1. The number of esters is 2. The predicted molar refractivity (Wildman–Crippen MR) is 69.8 cm³/mol. The van der Waals surface area contributed by atoms with Crippen molar-refractivity contribution in [2.24, 2.45) is 5.92 Å². The molecule has 0 unspecified atom stereocenters. The third-order valence-electron chi connectivity index (χ3n) is 3.21. The summed E-state index contributed by atoms with van der Waals surface area (Å²) in [5.41, 5.74) is 1.75. The molecule has 0 saturated heterocycles. The molecule has 1 aromatic carbocycles. The first-order valence-electron chi connectivity index (χ1n) is 6.07. The van der Waals surface area contributed by atoms with E-state index in [0.29, 0.717) is 12.2 Å². The van der Waals surface area contributed by atoms with Crippen LogP contribution in [-0.4, -0.2) is 19.0 Å². The molecule has 0 amide bonds. The highest BCUT2D eigenvalue weighted by Crippen LogP contribution is 2.41. The summed E-state index contributed by atoms with van der Waals surface area (Å²) in [6.07, 6.45) is 0.548. The van der Waals surface area contributed by atoms with Gasteiger partial charge < -0.3 is 9.47 Å². The zero-order chi connectivity index (χ0) is 14.0. The van der Waals surface area contributed by atoms with Gasteiger partial charge in [0.25, 0.3) is 0 Å². The highest BCUT2D eigenvalue weighted by Gasteiger charge is 2.43. The second-order valence-electron chi connectivity index (χ2n) is 4.73. The largest absolute Gasteiger partial charge is 0.468 e. The van der Waals surface area contributed by atoms with Crippen molar-refractivity contribution in [1.82, 2.24) is 0 Å². The van der Waals surface area contributed by atoms with Crippen LogP contribution in [0.15, 0.2) is 36.4 Å². The smallest absolute Gasteiger partial charge is 0.326 e. The summed E-state index contributed by atoms with van der Waals surface area (Å²) >= 11 is 0. The lowest BCUT2D eigenvalue weighted by molar-refractivity contribution is -0.157. The molecule has 0 N–H and O–H groups in total. The molecular weight excluding hydrogens is 244 g/mol. The Morgan fingerprint density at radius 2 is 2.11 bits per heavy atom. The molecule has 0 bridgehead atoms. The number of ether oxygens (including phenoxy) is 2. The summed E-state index contributed by atoms with van der Waals surface area (Å²) in [6, 6.07) is 7.25. The van der Waals surface area contributed by atoms with Gasteiger partial charge in [0.15, 0.2) is 5.92 Å². The molecule has 0 radical (unpaired) electrons. The number of carbonyl (C=O) groups excluding carboxylic acids is 2. The van der Waals surface area contributed by atoms with E-state index >= 15 is 0 Å². The highest BCUT2D eigenvalue weighted by atomic mass is 16.6. The van der Waals surface area contributed by atoms with Gasteiger partial charge in [0, 0.05) is 5.92 Å². The second kappa shape index (κ2) is 5.26. The summed E-state index contributed by atoms with van der Waals surface area (Å²) in [7, 11) is 1.27. The van der Waals surface area contributed by atoms with Crippen molar-refractivity contribution in [2.75, 3.05) is 7.11 Å². The quantitative estimate of drug-likeness (QED) is 0.362. The van der Waals surface area contributed by atoms with E-state index < -0.39 is 17.9 Å². The fourth-order valence-corrected chi connectivity index (χ4v) is 2.39. The molecule has 1 aliphatic rings. The SMILES string of the molecule is C=C(C)C[C@@H]1c2ccccc2OC(=O)[C@H]1C(=O)OC. The highest BCUT2D eigenvalue weighted by molar-refractivity contribution is 5.98. The number of allylic oxidation sites excluding steroid dienone is 1. The number of carbonyl (C=O) groups is 2. The van der Waals surface area contributed by atoms with Gasteiger partial charge in [-0.25, -0.2) is 0 Å². The molecule has 0 saturated carbocycles. The van der Waals surface area contributed by atoms with Gasteiger partial charge in [0.2, 0.25) is 0 Å². The number of benzene rings is 1. The van der Waals surface area contributed by atoms with Crippen LogP contribution < -0.4 is 4.74 Å². The Kier molecular flexibility index (Phi) is 3.69. The average Bonchev–Trinajstić information content (AvgIpc) is 2.37. The Morgan fingerprint density at radius 1 is 1.42 bits per heavy atom. The average molecular weight is 260 g/mol. The summed E-state index contributed by atoms with van der Waals surface area (Å²) < 4.78 is 9.93. The van der Waals surface area contributed by atoms with Gasteiger partial charge >= 0.3 is 11.9 Å². The van der Waals surface area contributed by atoms with Gasteiger partial charge in [0.05, 0.1) is 7.11 Å². The predicted octanol–water partition coefficient (Wildman–Crippen LogP) is 2.44. The van der Waals surface area contributed by atoms with Crippen LogP contribution in [0.25, 0.3) is 0 Å². The monoisotopic (exact) mass is 260 g/mol. The van der Waals surface area contributed by atoms with E-state index in [0.717, 1.165) is 11.1 Å². The van der Waals surface area contributed by atoms with Gasteiger partial charge in [-0.05, 0) is 25.0 Å². The molecule has 1 aromatic rings. The van der Waals surface area contributed by atoms with Crippen LogP contribution in [0.2, 0.25) is 0 Å². The number of methoxy groups -OCH3 is 1. The molecule has 0 aromatic heterocycles. The maximum absolute atomic E-state index is 12.0. The molecule has 2 rings (SSSR count). The van der Waals surface area contributed by atoms with Crippen molar-refractivity contribution in [3.63, 3.8) is 0 Å². The van der Waals surface area contributed by atoms with Crippen molar-refractivity contribution in [1.29, 1.82) is 0 Å². The zero-order valence-electron chi connectivity index (χ0n) is 11.0. The maximum Gasteiger partial charge on any atom is 0.326 e. The number of rotatable bonds is 3. The number of hydrogen-bond acceptors (Lipinski definition) is 4. The van der Waals surface area contributed by atoms with Crippen LogP contribution in [0.5, 0.6) is 5.75 Å². The van der Waals surface area contributed by atoms with Crippen molar-refractivity contribution in [3.8, 4) is 5.75 Å². The maximum atomic E-state index is 12.0. The number of para-hydroxylation sites is 1. The molecule has 1 aliphatic heterocycles. The standard InChI is InChI=1S/C15H16O4/c1-9(2)8-11-10-6-4-5-7-12(10)19-15(17)13(11)14(16)18-3/h4-7,11,13H,1,8H2,2-3H3/t11-,13-/m1/s1. The second-order valence-corrected chi connectivity index (χ2v) is 4.73. The number of hydrogen-bond donors (Lipinski definition) is 0. The molecule has 0 spiro atoms. The molecule has 19 heavy (non-hydrogen) atoms. The molecule has 4 heteroatoms.